The van der Waals surface area contributed by atoms with E-state index >= 15 is 0 Å². The van der Waals surface area contributed by atoms with Crippen LogP contribution in [0.25, 0.3) is 5.82 Å². The third kappa shape index (κ3) is 4.50. The molecular weight excluding hydrogens is 351 g/mol. The summed E-state index contributed by atoms with van der Waals surface area (Å²) in [6, 6.07) is 4.77. The summed E-state index contributed by atoms with van der Waals surface area (Å²) in [7, 11) is 0. The third-order valence-electron chi connectivity index (χ3n) is 4.54. The van der Waals surface area contributed by atoms with E-state index in [0.717, 1.165) is 0 Å². The van der Waals surface area contributed by atoms with Crippen molar-refractivity contribution in [3.8, 4) is 5.82 Å². The van der Waals surface area contributed by atoms with Gasteiger partial charge in [0, 0.05) is 31.5 Å². The molecule has 10 heteroatoms. The van der Waals surface area contributed by atoms with Crippen molar-refractivity contribution in [2.45, 2.75) is 31.7 Å². The number of piperidine rings is 1. The molecule has 1 fully saturated rings. The maximum Gasteiger partial charge on any atom is 0.415 e. The molecule has 0 radical (unpaired) electrons. The van der Waals surface area contributed by atoms with Crippen LogP contribution in [0.15, 0.2) is 35.4 Å². The maximum absolute atomic E-state index is 12.4. The number of aromatic nitrogens is 4. The van der Waals surface area contributed by atoms with Gasteiger partial charge in [0.1, 0.15) is 0 Å². The van der Waals surface area contributed by atoms with Gasteiger partial charge in [0.25, 0.3) is 5.56 Å². The highest BCUT2D eigenvalue weighted by molar-refractivity contribution is 5.17. The molecule has 2 aromatic heterocycles. The van der Waals surface area contributed by atoms with E-state index in [9.17, 15) is 18.0 Å². The first-order valence-electron chi connectivity index (χ1n) is 8.38. The summed E-state index contributed by atoms with van der Waals surface area (Å²) in [5.41, 5.74) is -0.226. The largest absolute Gasteiger partial charge is 0.415 e. The fourth-order valence-electron chi connectivity index (χ4n) is 3.04. The summed E-state index contributed by atoms with van der Waals surface area (Å²) in [4.78, 5) is 13.6. The Morgan fingerprint density at radius 2 is 2.00 bits per heavy atom. The van der Waals surface area contributed by atoms with Crippen LogP contribution in [0.4, 0.5) is 13.2 Å². The number of nitrogens with zero attached hydrogens (tertiary/aromatic N) is 5. The second-order valence-electron chi connectivity index (χ2n) is 6.46. The van der Waals surface area contributed by atoms with E-state index in [1.807, 2.05) is 0 Å². The molecule has 1 atom stereocenters. The van der Waals surface area contributed by atoms with Crippen molar-refractivity contribution in [2.75, 3.05) is 19.6 Å². The van der Waals surface area contributed by atoms with Gasteiger partial charge in [-0.05, 0) is 44.0 Å². The maximum atomic E-state index is 12.4. The van der Waals surface area contributed by atoms with E-state index < -0.39 is 18.8 Å². The van der Waals surface area contributed by atoms with Gasteiger partial charge < -0.3 is 10.0 Å². The van der Waals surface area contributed by atoms with Crippen LogP contribution in [0.5, 0.6) is 0 Å². The topological polar surface area (TPSA) is 76.2 Å². The van der Waals surface area contributed by atoms with E-state index in [4.69, 9.17) is 5.11 Å². The zero-order valence-corrected chi connectivity index (χ0v) is 14.0. The van der Waals surface area contributed by atoms with E-state index in [-0.39, 0.29) is 11.5 Å². The molecule has 1 N–H and O–H groups in total. The second-order valence-corrected chi connectivity index (χ2v) is 6.46. The Labute approximate surface area is 147 Å². The number of aliphatic hydroxyl groups excluding tert-OH is 1. The predicted molar refractivity (Wildman–Crippen MR) is 86.8 cm³/mol. The highest BCUT2D eigenvalue weighted by atomic mass is 19.4. The molecule has 1 aliphatic rings. The van der Waals surface area contributed by atoms with Crippen molar-refractivity contribution in [3.05, 3.63) is 40.9 Å². The standard InChI is InChI=1S/C16H20F3N5O2/c17-16(18,19)13(25)11-22-8-4-12(5-9-22)10-24-15(26)3-2-14(21-24)23-7-1-6-20-23/h1-3,6-7,12-13,25H,4-5,8-11H2. The van der Waals surface area contributed by atoms with Gasteiger partial charge in [-0.15, -0.1) is 5.10 Å². The van der Waals surface area contributed by atoms with Gasteiger partial charge in [-0.25, -0.2) is 9.36 Å². The van der Waals surface area contributed by atoms with Crippen LogP contribution in [-0.4, -0.2) is 61.5 Å². The quantitative estimate of drug-likeness (QED) is 0.851. The van der Waals surface area contributed by atoms with Gasteiger partial charge >= 0.3 is 6.18 Å². The van der Waals surface area contributed by atoms with E-state index in [1.54, 1.807) is 34.1 Å². The van der Waals surface area contributed by atoms with Gasteiger partial charge in [-0.2, -0.15) is 18.3 Å². The Balaban J connectivity index is 1.58. The molecular formula is C16H20F3N5O2. The second kappa shape index (κ2) is 7.58. The molecule has 0 bridgehead atoms. The molecule has 0 amide bonds. The fourth-order valence-corrected chi connectivity index (χ4v) is 3.04. The molecule has 1 saturated heterocycles. The molecule has 0 aromatic carbocycles. The van der Waals surface area contributed by atoms with Crippen LogP contribution in [-0.2, 0) is 6.54 Å². The normalized spacial score (nSPS) is 18.2. The fraction of sp³-hybridized carbons (Fsp3) is 0.562. The first kappa shape index (κ1) is 18.6. The summed E-state index contributed by atoms with van der Waals surface area (Å²) in [5, 5.41) is 17.6. The molecule has 1 aliphatic heterocycles. The Bertz CT molecular complexity index is 767. The Kier molecular flexibility index (Phi) is 5.42. The van der Waals surface area contributed by atoms with E-state index in [0.29, 0.717) is 38.3 Å². The Morgan fingerprint density at radius 3 is 2.62 bits per heavy atom. The SMILES string of the molecule is O=c1ccc(-n2cccn2)nn1CC1CCN(CC(O)C(F)(F)F)CC1. The molecule has 2 aromatic rings. The zero-order valence-electron chi connectivity index (χ0n) is 14.0. The van der Waals surface area contributed by atoms with Gasteiger partial charge in [0.2, 0.25) is 0 Å². The van der Waals surface area contributed by atoms with Crippen molar-refractivity contribution >= 4 is 0 Å². The smallest absolute Gasteiger partial charge is 0.382 e. The number of rotatable bonds is 5. The summed E-state index contributed by atoms with van der Waals surface area (Å²) in [6.45, 7) is 0.892. The minimum Gasteiger partial charge on any atom is -0.382 e. The van der Waals surface area contributed by atoms with Crippen LogP contribution in [0.2, 0.25) is 0 Å². The minimum absolute atomic E-state index is 0.146. The number of halogens is 3. The predicted octanol–water partition coefficient (Wildman–Crippen LogP) is 1.06. The average Bonchev–Trinajstić information content (AvgIpc) is 3.12. The molecule has 0 saturated carbocycles. The molecule has 0 aliphatic carbocycles. The van der Waals surface area contributed by atoms with Crippen LogP contribution >= 0.6 is 0 Å². The summed E-state index contributed by atoms with van der Waals surface area (Å²) in [6.07, 6.45) is -2.30. The number of hydrogen-bond acceptors (Lipinski definition) is 5. The first-order chi connectivity index (χ1) is 12.3. The summed E-state index contributed by atoms with van der Waals surface area (Å²) in [5.74, 6) is 0.674. The van der Waals surface area contributed by atoms with Crippen molar-refractivity contribution in [1.82, 2.24) is 24.5 Å². The highest BCUT2D eigenvalue weighted by Gasteiger charge is 2.39. The summed E-state index contributed by atoms with van der Waals surface area (Å²) < 4.78 is 40.2. The van der Waals surface area contributed by atoms with Crippen LogP contribution in [0, 0.1) is 5.92 Å². The lowest BCUT2D eigenvalue weighted by Crippen LogP contribution is -2.45. The number of hydrogen-bond donors (Lipinski definition) is 1. The molecule has 26 heavy (non-hydrogen) atoms. The molecule has 1 unspecified atom stereocenters. The van der Waals surface area contributed by atoms with Crippen LogP contribution in [0.1, 0.15) is 12.8 Å². The van der Waals surface area contributed by atoms with Crippen molar-refractivity contribution in [1.29, 1.82) is 0 Å². The lowest BCUT2D eigenvalue weighted by atomic mass is 9.96. The summed E-state index contributed by atoms with van der Waals surface area (Å²) >= 11 is 0. The Morgan fingerprint density at radius 1 is 1.27 bits per heavy atom. The van der Waals surface area contributed by atoms with E-state index in [1.165, 1.54) is 10.7 Å². The monoisotopic (exact) mass is 371 g/mol. The zero-order chi connectivity index (χ0) is 18.7. The molecule has 7 nitrogen and oxygen atoms in total. The molecule has 0 spiro atoms. The van der Waals surface area contributed by atoms with Gasteiger partial charge in [-0.3, -0.25) is 4.79 Å². The molecule has 3 rings (SSSR count). The van der Waals surface area contributed by atoms with Gasteiger partial charge in [0.15, 0.2) is 11.9 Å². The first-order valence-corrected chi connectivity index (χ1v) is 8.38. The van der Waals surface area contributed by atoms with Gasteiger partial charge in [-0.1, -0.05) is 0 Å². The average molecular weight is 371 g/mol. The lowest BCUT2D eigenvalue weighted by Gasteiger charge is -2.33. The number of aliphatic hydroxyl groups is 1. The van der Waals surface area contributed by atoms with Crippen molar-refractivity contribution in [3.63, 3.8) is 0 Å². The van der Waals surface area contributed by atoms with Crippen LogP contribution in [0.3, 0.4) is 0 Å². The highest BCUT2D eigenvalue weighted by Crippen LogP contribution is 2.23. The van der Waals surface area contributed by atoms with Crippen molar-refractivity contribution in [2.24, 2.45) is 5.92 Å². The van der Waals surface area contributed by atoms with E-state index in [2.05, 4.69) is 10.2 Å². The molecule has 142 valence electrons. The number of β-amino-alcohol motifs (C(OH)–C–C–N with tert-alkyl or cyclic N) is 1. The van der Waals surface area contributed by atoms with Gasteiger partial charge in [0.05, 0.1) is 0 Å². The molecule has 3 heterocycles. The van der Waals surface area contributed by atoms with Crippen molar-refractivity contribution < 1.29 is 18.3 Å². The Hall–Kier alpha value is -2.20. The number of likely N-dealkylation sites (tertiary alicyclic amines) is 1. The minimum atomic E-state index is -4.60. The third-order valence-corrected chi connectivity index (χ3v) is 4.54. The van der Waals surface area contributed by atoms with Crippen LogP contribution < -0.4 is 5.56 Å². The lowest BCUT2D eigenvalue weighted by molar-refractivity contribution is -0.208. The number of alkyl halides is 3.